The fourth-order valence-electron chi connectivity index (χ4n) is 2.26. The highest BCUT2D eigenvalue weighted by Gasteiger charge is 2.07. The van der Waals surface area contributed by atoms with Crippen LogP contribution in [-0.2, 0) is 0 Å². The Labute approximate surface area is 145 Å². The van der Waals surface area contributed by atoms with Crippen LogP contribution in [0.3, 0.4) is 0 Å². The molecule has 0 aliphatic carbocycles. The summed E-state index contributed by atoms with van der Waals surface area (Å²) < 4.78 is 5.01. The van der Waals surface area contributed by atoms with E-state index in [2.05, 4.69) is 9.97 Å². The second kappa shape index (κ2) is 7.40. The lowest BCUT2D eigenvalue weighted by molar-refractivity contribution is 0.104. The number of aromatic hydroxyl groups is 1. The molecule has 0 saturated heterocycles. The molecule has 5 heteroatoms. The maximum absolute atomic E-state index is 12.2. The number of nitrogens with zero attached hydrogens (tertiary/aromatic N) is 2. The highest BCUT2D eigenvalue weighted by molar-refractivity contribution is 6.07. The first-order chi connectivity index (χ1) is 12.2. The summed E-state index contributed by atoms with van der Waals surface area (Å²) in [5.74, 6) is 0.681. The highest BCUT2D eigenvalue weighted by atomic mass is 16.5. The Hall–Kier alpha value is -3.47. The van der Waals surface area contributed by atoms with Gasteiger partial charge in [0.25, 0.3) is 0 Å². The fourth-order valence-corrected chi connectivity index (χ4v) is 2.26. The van der Waals surface area contributed by atoms with Crippen LogP contribution in [0.2, 0.25) is 0 Å². The first-order valence-corrected chi connectivity index (χ1v) is 7.64. The van der Waals surface area contributed by atoms with Crippen molar-refractivity contribution in [1.82, 2.24) is 9.97 Å². The van der Waals surface area contributed by atoms with Crippen molar-refractivity contribution < 1.29 is 14.6 Å². The van der Waals surface area contributed by atoms with Gasteiger partial charge in [-0.25, -0.2) is 9.97 Å². The van der Waals surface area contributed by atoms with Crippen LogP contribution in [0.15, 0.2) is 67.0 Å². The van der Waals surface area contributed by atoms with Crippen LogP contribution >= 0.6 is 0 Å². The molecule has 124 valence electrons. The van der Waals surface area contributed by atoms with Gasteiger partial charge in [-0.2, -0.15) is 0 Å². The topological polar surface area (TPSA) is 72.3 Å². The lowest BCUT2D eigenvalue weighted by Gasteiger charge is -2.04. The summed E-state index contributed by atoms with van der Waals surface area (Å²) in [4.78, 5) is 20.8. The molecule has 0 atom stereocenters. The van der Waals surface area contributed by atoms with Crippen molar-refractivity contribution in [2.75, 3.05) is 7.11 Å². The van der Waals surface area contributed by atoms with E-state index in [1.807, 2.05) is 30.3 Å². The van der Waals surface area contributed by atoms with Crippen molar-refractivity contribution in [3.63, 3.8) is 0 Å². The Morgan fingerprint density at radius 2 is 1.80 bits per heavy atom. The molecule has 1 N–H and O–H groups in total. The van der Waals surface area contributed by atoms with Gasteiger partial charge in [0.1, 0.15) is 0 Å². The minimum atomic E-state index is -0.203. The van der Waals surface area contributed by atoms with Crippen molar-refractivity contribution in [3.05, 3.63) is 78.1 Å². The maximum Gasteiger partial charge on any atom is 0.185 e. The second-order valence-electron chi connectivity index (χ2n) is 5.29. The van der Waals surface area contributed by atoms with Gasteiger partial charge >= 0.3 is 0 Å². The zero-order valence-corrected chi connectivity index (χ0v) is 13.6. The van der Waals surface area contributed by atoms with E-state index in [-0.39, 0.29) is 17.3 Å². The lowest BCUT2D eigenvalue weighted by atomic mass is 10.1. The molecule has 0 radical (unpaired) electrons. The van der Waals surface area contributed by atoms with Gasteiger partial charge in [0.15, 0.2) is 23.1 Å². The SMILES string of the molecule is COc1cc(C(=O)C=Cc2cnc(-c3ccccc3)nc2)ccc1O. The number of carbonyl (C=O) groups is 1. The van der Waals surface area contributed by atoms with E-state index < -0.39 is 0 Å². The average molecular weight is 332 g/mol. The van der Waals surface area contributed by atoms with Crippen LogP contribution in [-0.4, -0.2) is 28.0 Å². The van der Waals surface area contributed by atoms with Crippen LogP contribution < -0.4 is 4.74 Å². The molecule has 1 heterocycles. The number of methoxy groups -OCH3 is 1. The number of ether oxygens (including phenoxy) is 1. The predicted molar refractivity (Wildman–Crippen MR) is 95.5 cm³/mol. The van der Waals surface area contributed by atoms with E-state index in [9.17, 15) is 9.90 Å². The first kappa shape index (κ1) is 16.4. The van der Waals surface area contributed by atoms with Crippen LogP contribution in [0, 0.1) is 0 Å². The van der Waals surface area contributed by atoms with Gasteiger partial charge in [-0.1, -0.05) is 30.3 Å². The van der Waals surface area contributed by atoms with Gasteiger partial charge in [-0.3, -0.25) is 4.79 Å². The minimum Gasteiger partial charge on any atom is -0.504 e. The molecule has 0 bridgehead atoms. The molecule has 0 aliphatic heterocycles. The number of allylic oxidation sites excluding steroid dienone is 1. The zero-order chi connectivity index (χ0) is 17.6. The van der Waals surface area contributed by atoms with Crippen molar-refractivity contribution in [2.24, 2.45) is 0 Å². The third-order valence-corrected chi connectivity index (χ3v) is 3.60. The largest absolute Gasteiger partial charge is 0.504 e. The fraction of sp³-hybridized carbons (Fsp3) is 0.0500. The molecule has 5 nitrogen and oxygen atoms in total. The van der Waals surface area contributed by atoms with Crippen molar-refractivity contribution >= 4 is 11.9 Å². The summed E-state index contributed by atoms with van der Waals surface area (Å²) in [6.07, 6.45) is 6.41. The molecular formula is C20H16N2O3. The lowest BCUT2D eigenvalue weighted by Crippen LogP contribution is -1.95. The van der Waals surface area contributed by atoms with Crippen molar-refractivity contribution in [1.29, 1.82) is 0 Å². The Morgan fingerprint density at radius 3 is 2.48 bits per heavy atom. The van der Waals surface area contributed by atoms with Crippen LogP contribution in [0.4, 0.5) is 0 Å². The number of aromatic nitrogens is 2. The van der Waals surface area contributed by atoms with E-state index >= 15 is 0 Å². The van der Waals surface area contributed by atoms with Gasteiger partial charge < -0.3 is 9.84 Å². The molecule has 25 heavy (non-hydrogen) atoms. The van der Waals surface area contributed by atoms with Gasteiger partial charge in [0.05, 0.1) is 7.11 Å². The Kier molecular flexibility index (Phi) is 4.85. The van der Waals surface area contributed by atoms with Crippen molar-refractivity contribution in [3.8, 4) is 22.9 Å². The highest BCUT2D eigenvalue weighted by Crippen LogP contribution is 2.26. The summed E-state index contributed by atoms with van der Waals surface area (Å²) in [7, 11) is 1.44. The molecule has 0 fully saturated rings. The minimum absolute atomic E-state index is 0.00655. The monoisotopic (exact) mass is 332 g/mol. The third-order valence-electron chi connectivity index (χ3n) is 3.60. The summed E-state index contributed by atoms with van der Waals surface area (Å²) >= 11 is 0. The number of hydrogen-bond donors (Lipinski definition) is 1. The normalized spacial score (nSPS) is 10.8. The molecule has 0 amide bonds. The zero-order valence-electron chi connectivity index (χ0n) is 13.6. The molecule has 0 spiro atoms. The summed E-state index contributed by atoms with van der Waals surface area (Å²) in [6.45, 7) is 0. The number of hydrogen-bond acceptors (Lipinski definition) is 5. The summed E-state index contributed by atoms with van der Waals surface area (Å²) in [5, 5.41) is 9.57. The third kappa shape index (κ3) is 3.90. The van der Waals surface area contributed by atoms with Crippen molar-refractivity contribution in [2.45, 2.75) is 0 Å². The Balaban J connectivity index is 1.74. The predicted octanol–water partition coefficient (Wildman–Crippen LogP) is 3.75. The van der Waals surface area contributed by atoms with E-state index in [0.29, 0.717) is 11.4 Å². The molecule has 0 aliphatic rings. The molecular weight excluding hydrogens is 316 g/mol. The summed E-state index contributed by atoms with van der Waals surface area (Å²) in [6, 6.07) is 14.1. The number of phenols is 1. The van der Waals surface area contributed by atoms with Crippen LogP contribution in [0.25, 0.3) is 17.5 Å². The molecule has 0 saturated carbocycles. The number of ketones is 1. The maximum atomic E-state index is 12.2. The van der Waals surface area contributed by atoms with E-state index in [4.69, 9.17) is 4.74 Å². The number of rotatable bonds is 5. The van der Waals surface area contributed by atoms with Crippen LogP contribution in [0.1, 0.15) is 15.9 Å². The number of carbonyl (C=O) groups excluding carboxylic acids is 1. The van der Waals surface area contributed by atoms with E-state index in [1.165, 1.54) is 25.3 Å². The number of benzene rings is 2. The van der Waals surface area contributed by atoms with Gasteiger partial charge in [-0.05, 0) is 30.4 Å². The van der Waals surface area contributed by atoms with E-state index in [0.717, 1.165) is 11.1 Å². The molecule has 3 rings (SSSR count). The first-order valence-electron chi connectivity index (χ1n) is 7.64. The smallest absolute Gasteiger partial charge is 0.185 e. The van der Waals surface area contributed by atoms with Gasteiger partial charge in [-0.15, -0.1) is 0 Å². The quantitative estimate of drug-likeness (QED) is 0.569. The number of phenolic OH excluding ortho intramolecular Hbond substituents is 1. The molecule has 1 aromatic heterocycles. The second-order valence-corrected chi connectivity index (χ2v) is 5.29. The molecule has 0 unspecified atom stereocenters. The Bertz CT molecular complexity index is 904. The Morgan fingerprint density at radius 1 is 1.08 bits per heavy atom. The average Bonchev–Trinajstić information content (AvgIpc) is 2.67. The van der Waals surface area contributed by atoms with Crippen LogP contribution in [0.5, 0.6) is 11.5 Å². The summed E-state index contributed by atoms with van der Waals surface area (Å²) in [5.41, 5.74) is 2.08. The van der Waals surface area contributed by atoms with Gasteiger partial charge in [0, 0.05) is 29.1 Å². The van der Waals surface area contributed by atoms with Gasteiger partial charge in [0.2, 0.25) is 0 Å². The molecule has 2 aromatic carbocycles. The standard InChI is InChI=1S/C20H16N2O3/c1-25-19-11-16(8-10-18(19)24)17(23)9-7-14-12-21-20(22-13-14)15-5-3-2-4-6-15/h2-13,24H,1H3. The van der Waals surface area contributed by atoms with E-state index in [1.54, 1.807) is 24.5 Å². The molecule has 3 aromatic rings.